The van der Waals surface area contributed by atoms with Gasteiger partial charge in [0.25, 0.3) is 0 Å². The van der Waals surface area contributed by atoms with Gasteiger partial charge in [0.15, 0.2) is 0 Å². The first kappa shape index (κ1) is 19.9. The highest BCUT2D eigenvalue weighted by Crippen LogP contribution is 2.51. The van der Waals surface area contributed by atoms with Crippen molar-refractivity contribution in [3.63, 3.8) is 0 Å². The number of dihydropyridines is 1. The van der Waals surface area contributed by atoms with Crippen molar-refractivity contribution in [3.8, 4) is 11.1 Å². The van der Waals surface area contributed by atoms with Gasteiger partial charge in [-0.05, 0) is 52.4 Å². The smallest absolute Gasteiger partial charge is 0.111 e. The van der Waals surface area contributed by atoms with E-state index in [1.165, 1.54) is 64.6 Å². The average molecular weight is 479 g/mol. The summed E-state index contributed by atoms with van der Waals surface area (Å²) in [7, 11) is 0. The minimum absolute atomic E-state index is 0.796. The van der Waals surface area contributed by atoms with Crippen molar-refractivity contribution in [3.05, 3.63) is 127 Å². The second kappa shape index (κ2) is 7.58. The molecule has 0 unspecified atom stereocenters. The van der Waals surface area contributed by atoms with E-state index in [0.717, 1.165) is 12.4 Å². The van der Waals surface area contributed by atoms with Gasteiger partial charge in [0.05, 0.1) is 11.4 Å². The first-order chi connectivity index (χ1) is 17.8. The van der Waals surface area contributed by atoms with E-state index in [0.29, 0.717) is 0 Å². The summed E-state index contributed by atoms with van der Waals surface area (Å²) in [5.41, 5.74) is 7.54. The Kier molecular flexibility index (Phi) is 4.19. The molecule has 8 rings (SSSR count). The van der Waals surface area contributed by atoms with E-state index in [9.17, 15) is 0 Å². The Morgan fingerprint density at radius 2 is 1.50 bits per heavy atom. The van der Waals surface area contributed by atoms with Crippen LogP contribution in [0.25, 0.3) is 47.6 Å². The third-order valence-electron chi connectivity index (χ3n) is 7.40. The highest BCUT2D eigenvalue weighted by Gasteiger charge is 2.29. The molecule has 1 aromatic heterocycles. The van der Waals surface area contributed by atoms with Gasteiger partial charge < -0.3 is 5.32 Å². The van der Waals surface area contributed by atoms with Gasteiger partial charge in [0.1, 0.15) is 5.82 Å². The van der Waals surface area contributed by atoms with Crippen molar-refractivity contribution >= 4 is 59.2 Å². The quantitative estimate of drug-likeness (QED) is 0.267. The van der Waals surface area contributed by atoms with Gasteiger partial charge >= 0.3 is 0 Å². The maximum absolute atomic E-state index is 3.69. The maximum atomic E-state index is 3.69. The number of thiophene rings is 1. The van der Waals surface area contributed by atoms with Crippen LogP contribution < -0.4 is 10.2 Å². The molecule has 3 heteroatoms. The highest BCUT2D eigenvalue weighted by molar-refractivity contribution is 7.25. The topological polar surface area (TPSA) is 15.3 Å². The molecule has 36 heavy (non-hydrogen) atoms. The lowest BCUT2D eigenvalue weighted by Crippen LogP contribution is -2.31. The molecule has 2 aliphatic heterocycles. The molecular formula is C33H22N2S. The number of hydrogen-bond donors (Lipinski definition) is 1. The molecular weight excluding hydrogens is 456 g/mol. The molecule has 0 aliphatic carbocycles. The maximum Gasteiger partial charge on any atom is 0.111 e. The molecule has 6 aromatic rings. The molecule has 0 radical (unpaired) electrons. The van der Waals surface area contributed by atoms with Crippen molar-refractivity contribution in [1.82, 2.24) is 5.32 Å². The summed E-state index contributed by atoms with van der Waals surface area (Å²) in [6, 6.07) is 37.6. The van der Waals surface area contributed by atoms with E-state index in [2.05, 4.69) is 125 Å². The number of rotatable bonds is 2. The van der Waals surface area contributed by atoms with E-state index in [4.69, 9.17) is 0 Å². The molecule has 170 valence electrons. The van der Waals surface area contributed by atoms with Gasteiger partial charge in [-0.15, -0.1) is 11.3 Å². The fourth-order valence-corrected chi connectivity index (χ4v) is 6.90. The third kappa shape index (κ3) is 2.84. The van der Waals surface area contributed by atoms with Crippen LogP contribution in [0.3, 0.4) is 0 Å². The molecule has 0 fully saturated rings. The number of anilines is 2. The largest absolute Gasteiger partial charge is 0.368 e. The van der Waals surface area contributed by atoms with Crippen LogP contribution in [-0.4, -0.2) is 6.54 Å². The minimum Gasteiger partial charge on any atom is -0.368 e. The molecule has 0 saturated heterocycles. The lowest BCUT2D eigenvalue weighted by molar-refractivity contribution is 0.857. The zero-order valence-corrected chi connectivity index (χ0v) is 20.3. The fraction of sp³-hybridized carbons (Fsp3) is 0.0303. The van der Waals surface area contributed by atoms with Gasteiger partial charge in [-0.3, -0.25) is 4.90 Å². The van der Waals surface area contributed by atoms with E-state index in [-0.39, 0.29) is 0 Å². The van der Waals surface area contributed by atoms with Crippen molar-refractivity contribution in [2.75, 3.05) is 11.4 Å². The Labute approximate surface area is 213 Å². The summed E-state index contributed by atoms with van der Waals surface area (Å²) in [4.78, 5) is 2.43. The van der Waals surface area contributed by atoms with Crippen LogP contribution >= 0.6 is 11.3 Å². The van der Waals surface area contributed by atoms with E-state index >= 15 is 0 Å². The molecule has 3 heterocycles. The van der Waals surface area contributed by atoms with E-state index in [1.807, 2.05) is 11.3 Å². The predicted molar refractivity (Wildman–Crippen MR) is 155 cm³/mol. The van der Waals surface area contributed by atoms with Gasteiger partial charge in [-0.2, -0.15) is 0 Å². The molecule has 0 spiro atoms. The Bertz CT molecular complexity index is 1890. The SMILES string of the molecule is C1=C(c2ccccc2)C=C(N2c3cc4sc5ccccc5c4cc3-c3cccc4cccc2c34)NC1. The van der Waals surface area contributed by atoms with E-state index in [1.54, 1.807) is 0 Å². The van der Waals surface area contributed by atoms with Crippen molar-refractivity contribution in [2.45, 2.75) is 0 Å². The zero-order chi connectivity index (χ0) is 23.6. The number of fused-ring (bicyclic) bond motifs is 5. The van der Waals surface area contributed by atoms with Crippen LogP contribution in [0.15, 0.2) is 121 Å². The zero-order valence-electron chi connectivity index (χ0n) is 19.5. The van der Waals surface area contributed by atoms with Crippen LogP contribution in [0.5, 0.6) is 0 Å². The summed E-state index contributed by atoms with van der Waals surface area (Å²) in [5.74, 6) is 1.11. The van der Waals surface area contributed by atoms with Crippen LogP contribution in [0.2, 0.25) is 0 Å². The number of benzene rings is 5. The standard InChI is InChI=1S/C33H22N2S/c1-2-8-21(9-3-1)23-16-17-34-32(18-23)35-28-14-7-11-22-10-6-13-25(33(22)28)26-19-27-24-12-4-5-15-30(24)36-31(27)20-29(26)35/h1-16,18-20,34H,17H2. The van der Waals surface area contributed by atoms with Gasteiger partial charge in [-0.1, -0.05) is 84.9 Å². The summed E-state index contributed by atoms with van der Waals surface area (Å²) >= 11 is 1.88. The number of hydrogen-bond acceptors (Lipinski definition) is 3. The van der Waals surface area contributed by atoms with Gasteiger partial charge in [0.2, 0.25) is 0 Å². The van der Waals surface area contributed by atoms with Crippen LogP contribution in [0, 0.1) is 0 Å². The molecule has 2 aliphatic rings. The van der Waals surface area contributed by atoms with Crippen molar-refractivity contribution < 1.29 is 0 Å². The average Bonchev–Trinajstić information content (AvgIpc) is 3.31. The Morgan fingerprint density at radius 3 is 2.42 bits per heavy atom. The van der Waals surface area contributed by atoms with Crippen molar-refractivity contribution in [1.29, 1.82) is 0 Å². The lowest BCUT2D eigenvalue weighted by Gasteiger charge is -2.36. The molecule has 1 N–H and O–H groups in total. The summed E-state index contributed by atoms with van der Waals surface area (Å²) in [5, 5.41) is 8.94. The van der Waals surface area contributed by atoms with Crippen LogP contribution in [-0.2, 0) is 0 Å². The Hall–Kier alpha value is -4.34. The first-order valence-electron chi connectivity index (χ1n) is 12.3. The molecule has 0 amide bonds. The minimum atomic E-state index is 0.796. The monoisotopic (exact) mass is 478 g/mol. The number of nitrogens with one attached hydrogen (secondary N) is 1. The molecule has 2 nitrogen and oxygen atoms in total. The van der Waals surface area contributed by atoms with Gasteiger partial charge in [-0.25, -0.2) is 0 Å². The highest BCUT2D eigenvalue weighted by atomic mass is 32.1. The summed E-state index contributed by atoms with van der Waals surface area (Å²) in [6.45, 7) is 0.796. The molecule has 0 atom stereocenters. The third-order valence-corrected chi connectivity index (χ3v) is 8.53. The molecule has 5 aromatic carbocycles. The molecule has 0 bridgehead atoms. The lowest BCUT2D eigenvalue weighted by atomic mass is 9.90. The summed E-state index contributed by atoms with van der Waals surface area (Å²) < 4.78 is 2.66. The van der Waals surface area contributed by atoms with Gasteiger partial charge in [0, 0.05) is 37.7 Å². The second-order valence-electron chi connectivity index (χ2n) is 9.42. The van der Waals surface area contributed by atoms with E-state index < -0.39 is 0 Å². The first-order valence-corrected chi connectivity index (χ1v) is 13.2. The molecule has 0 saturated carbocycles. The normalized spacial score (nSPS) is 14.5. The Balaban J connectivity index is 1.43. The van der Waals surface area contributed by atoms with Crippen LogP contribution in [0.1, 0.15) is 5.56 Å². The predicted octanol–water partition coefficient (Wildman–Crippen LogP) is 8.85. The van der Waals surface area contributed by atoms with Crippen molar-refractivity contribution in [2.24, 2.45) is 0 Å². The second-order valence-corrected chi connectivity index (χ2v) is 10.5. The fourth-order valence-electron chi connectivity index (χ4n) is 5.78. The van der Waals surface area contributed by atoms with Crippen LogP contribution in [0.4, 0.5) is 11.4 Å². The Morgan fingerprint density at radius 1 is 0.667 bits per heavy atom. The number of nitrogens with zero attached hydrogens (tertiary/aromatic N) is 1. The number of allylic oxidation sites excluding steroid dienone is 2. The summed E-state index contributed by atoms with van der Waals surface area (Å²) in [6.07, 6.45) is 4.57.